The molecule has 3 heterocycles. The van der Waals surface area contributed by atoms with Gasteiger partial charge in [-0.15, -0.1) is 12.3 Å². The van der Waals surface area contributed by atoms with E-state index in [0.29, 0.717) is 45.3 Å². The number of carbonyl (C=O) groups is 2. The van der Waals surface area contributed by atoms with Crippen molar-refractivity contribution in [2.24, 2.45) is 10.2 Å². The van der Waals surface area contributed by atoms with Crippen molar-refractivity contribution in [3.05, 3.63) is 30.1 Å². The molecule has 0 saturated carbocycles. The number of likely N-dealkylation sites (tertiary alicyclic amines) is 1. The van der Waals surface area contributed by atoms with Crippen LogP contribution < -0.4 is 5.32 Å². The Kier molecular flexibility index (Phi) is 6.11. The monoisotopic (exact) mass is 411 g/mol. The molecule has 8 heteroatoms. The summed E-state index contributed by atoms with van der Waals surface area (Å²) >= 11 is 0. The molecule has 2 aliphatic rings. The van der Waals surface area contributed by atoms with Crippen molar-refractivity contribution in [3.63, 3.8) is 0 Å². The summed E-state index contributed by atoms with van der Waals surface area (Å²) < 4.78 is 5.46. The summed E-state index contributed by atoms with van der Waals surface area (Å²) in [6.07, 6.45) is 10.6. The molecule has 3 rings (SSSR count). The van der Waals surface area contributed by atoms with Crippen LogP contribution in [0.15, 0.2) is 34.8 Å². The molecule has 8 nitrogen and oxygen atoms in total. The Balaban J connectivity index is 1.55. The summed E-state index contributed by atoms with van der Waals surface area (Å²) in [5, 5.41) is 11.2. The minimum absolute atomic E-state index is 0.0588. The maximum absolute atomic E-state index is 12.5. The van der Waals surface area contributed by atoms with Gasteiger partial charge < -0.3 is 15.0 Å². The standard InChI is InChI=1S/C22H29N5O3/c1-5-6-10-22(25-26-22)11-7-18(28)24-14-21(17-8-12-23-13-9-17)15-27(16-21)19(29)30-20(2,3)4/h1,8-9,12-13H,6-7,10-11,14-16H2,2-4H3,(H,24,28). The van der Waals surface area contributed by atoms with Gasteiger partial charge in [-0.05, 0) is 38.5 Å². The molecule has 160 valence electrons. The Morgan fingerprint density at radius 2 is 1.90 bits per heavy atom. The summed E-state index contributed by atoms with van der Waals surface area (Å²) in [4.78, 5) is 30.6. The summed E-state index contributed by atoms with van der Waals surface area (Å²) in [5.41, 5.74) is -0.328. The van der Waals surface area contributed by atoms with Gasteiger partial charge in [0.1, 0.15) is 5.60 Å². The lowest BCUT2D eigenvalue weighted by atomic mass is 9.74. The highest BCUT2D eigenvalue weighted by Gasteiger charge is 2.48. The van der Waals surface area contributed by atoms with Crippen LogP contribution in [-0.4, -0.2) is 52.8 Å². The summed E-state index contributed by atoms with van der Waals surface area (Å²) in [6, 6.07) is 3.85. The predicted molar refractivity (Wildman–Crippen MR) is 112 cm³/mol. The molecule has 1 aromatic rings. The van der Waals surface area contributed by atoms with Crippen LogP contribution >= 0.6 is 0 Å². The van der Waals surface area contributed by atoms with Gasteiger partial charge in [-0.1, -0.05) is 0 Å². The van der Waals surface area contributed by atoms with E-state index in [1.54, 1.807) is 17.3 Å². The second-order valence-electron chi connectivity index (χ2n) is 9.02. The van der Waals surface area contributed by atoms with E-state index < -0.39 is 11.3 Å². The molecule has 0 bridgehead atoms. The lowest BCUT2D eigenvalue weighted by molar-refractivity contribution is -0.122. The van der Waals surface area contributed by atoms with Gasteiger partial charge in [-0.3, -0.25) is 9.78 Å². The van der Waals surface area contributed by atoms with Crippen molar-refractivity contribution < 1.29 is 14.3 Å². The van der Waals surface area contributed by atoms with Gasteiger partial charge in [0.25, 0.3) is 0 Å². The predicted octanol–water partition coefficient (Wildman–Crippen LogP) is 3.04. The van der Waals surface area contributed by atoms with E-state index in [0.717, 1.165) is 5.56 Å². The zero-order valence-electron chi connectivity index (χ0n) is 17.9. The first-order valence-corrected chi connectivity index (χ1v) is 10.2. The smallest absolute Gasteiger partial charge is 0.410 e. The molecule has 0 atom stereocenters. The summed E-state index contributed by atoms with van der Waals surface area (Å²) in [6.45, 7) is 6.91. The number of hydrogen-bond donors (Lipinski definition) is 1. The van der Waals surface area contributed by atoms with Gasteiger partial charge in [-0.2, -0.15) is 10.2 Å². The van der Waals surface area contributed by atoms with Gasteiger partial charge in [0, 0.05) is 63.1 Å². The molecular weight excluding hydrogens is 382 g/mol. The Labute approximate surface area is 177 Å². The number of nitrogens with zero attached hydrogens (tertiary/aromatic N) is 4. The van der Waals surface area contributed by atoms with Crippen LogP contribution in [0.5, 0.6) is 0 Å². The van der Waals surface area contributed by atoms with E-state index in [4.69, 9.17) is 11.2 Å². The summed E-state index contributed by atoms with van der Waals surface area (Å²) in [7, 11) is 0. The van der Waals surface area contributed by atoms with Crippen LogP contribution in [0.1, 0.15) is 52.0 Å². The number of aromatic nitrogens is 1. The van der Waals surface area contributed by atoms with Crippen LogP contribution in [0.2, 0.25) is 0 Å². The molecule has 0 unspecified atom stereocenters. The van der Waals surface area contributed by atoms with Crippen LogP contribution in [0.3, 0.4) is 0 Å². The molecule has 0 spiro atoms. The number of pyridine rings is 1. The van der Waals surface area contributed by atoms with E-state index in [2.05, 4.69) is 26.4 Å². The maximum Gasteiger partial charge on any atom is 0.410 e. The minimum Gasteiger partial charge on any atom is -0.444 e. The number of terminal acetylenes is 1. The molecule has 1 N–H and O–H groups in total. The fourth-order valence-corrected chi connectivity index (χ4v) is 3.58. The molecule has 30 heavy (non-hydrogen) atoms. The molecule has 1 saturated heterocycles. The van der Waals surface area contributed by atoms with Crippen molar-refractivity contribution in [3.8, 4) is 12.3 Å². The largest absolute Gasteiger partial charge is 0.444 e. The van der Waals surface area contributed by atoms with E-state index in [1.807, 2.05) is 32.9 Å². The fraction of sp³-hybridized carbons (Fsp3) is 0.591. The normalized spacial score (nSPS) is 18.1. The SMILES string of the molecule is C#CCCC1(CCC(=O)NCC2(c3ccncc3)CN(C(=O)OC(C)(C)C)C2)N=N1. The second kappa shape index (κ2) is 8.42. The van der Waals surface area contributed by atoms with Crippen LogP contribution in [0.4, 0.5) is 4.79 Å². The number of nitrogens with one attached hydrogen (secondary N) is 1. The van der Waals surface area contributed by atoms with Gasteiger partial charge >= 0.3 is 6.09 Å². The van der Waals surface area contributed by atoms with Crippen LogP contribution in [-0.2, 0) is 14.9 Å². The molecule has 1 fully saturated rings. The Morgan fingerprint density at radius 3 is 2.47 bits per heavy atom. The van der Waals surface area contributed by atoms with Gasteiger partial charge in [0.15, 0.2) is 5.66 Å². The number of carbonyl (C=O) groups excluding carboxylic acids is 2. The number of amides is 2. The van der Waals surface area contributed by atoms with E-state index in [9.17, 15) is 9.59 Å². The third-order valence-corrected chi connectivity index (χ3v) is 5.36. The highest BCUT2D eigenvalue weighted by atomic mass is 16.6. The maximum atomic E-state index is 12.5. The van der Waals surface area contributed by atoms with Crippen molar-refractivity contribution in [1.29, 1.82) is 0 Å². The number of ether oxygens (including phenoxy) is 1. The number of hydrogen-bond acceptors (Lipinski definition) is 6. The van der Waals surface area contributed by atoms with Gasteiger partial charge in [0.2, 0.25) is 5.91 Å². The topological polar surface area (TPSA) is 96.2 Å². The molecule has 0 aliphatic carbocycles. The summed E-state index contributed by atoms with van der Waals surface area (Å²) in [5.74, 6) is 2.53. The Hall–Kier alpha value is -2.95. The lowest BCUT2D eigenvalue weighted by Crippen LogP contribution is -2.65. The molecule has 0 radical (unpaired) electrons. The Bertz CT molecular complexity index is 842. The van der Waals surface area contributed by atoms with E-state index in [1.165, 1.54) is 0 Å². The van der Waals surface area contributed by atoms with E-state index in [-0.39, 0.29) is 17.4 Å². The average molecular weight is 412 g/mol. The van der Waals surface area contributed by atoms with Gasteiger partial charge in [-0.25, -0.2) is 4.79 Å². The molecule has 0 aromatic carbocycles. The van der Waals surface area contributed by atoms with Crippen molar-refractivity contribution in [1.82, 2.24) is 15.2 Å². The zero-order chi connectivity index (χ0) is 21.8. The minimum atomic E-state index is -0.547. The second-order valence-corrected chi connectivity index (χ2v) is 9.02. The molecule has 2 amide bonds. The Morgan fingerprint density at radius 1 is 1.23 bits per heavy atom. The van der Waals surface area contributed by atoms with Crippen molar-refractivity contribution in [2.45, 2.75) is 63.1 Å². The first-order valence-electron chi connectivity index (χ1n) is 10.2. The molecular formula is C22H29N5O3. The number of rotatable bonds is 8. The van der Waals surface area contributed by atoms with E-state index >= 15 is 0 Å². The third-order valence-electron chi connectivity index (χ3n) is 5.36. The van der Waals surface area contributed by atoms with Crippen molar-refractivity contribution in [2.75, 3.05) is 19.6 Å². The first kappa shape index (κ1) is 21.8. The average Bonchev–Trinajstić information content (AvgIpc) is 3.43. The molecule has 2 aliphatic heterocycles. The molecule has 1 aromatic heterocycles. The zero-order valence-corrected chi connectivity index (χ0v) is 17.9. The van der Waals surface area contributed by atoms with Crippen molar-refractivity contribution >= 4 is 12.0 Å². The first-order chi connectivity index (χ1) is 14.2. The fourth-order valence-electron chi connectivity index (χ4n) is 3.58. The highest BCUT2D eigenvalue weighted by molar-refractivity contribution is 5.76. The highest BCUT2D eigenvalue weighted by Crippen LogP contribution is 2.38. The van der Waals surface area contributed by atoms with Crippen LogP contribution in [0.25, 0.3) is 0 Å². The van der Waals surface area contributed by atoms with Crippen LogP contribution in [0, 0.1) is 12.3 Å². The van der Waals surface area contributed by atoms with Gasteiger partial charge in [0.05, 0.1) is 0 Å². The third kappa shape index (κ3) is 5.35. The lowest BCUT2D eigenvalue weighted by Gasteiger charge is -2.50. The quantitative estimate of drug-likeness (QED) is 0.665.